The van der Waals surface area contributed by atoms with Gasteiger partial charge in [-0.25, -0.2) is 8.42 Å². The summed E-state index contributed by atoms with van der Waals surface area (Å²) < 4.78 is 41.1. The molecule has 10 heteroatoms. The van der Waals surface area contributed by atoms with Crippen LogP contribution in [0.5, 0.6) is 11.5 Å². The normalized spacial score (nSPS) is 11.5. The molecule has 0 saturated heterocycles. The average Bonchev–Trinajstić information content (AvgIpc) is 2.85. The van der Waals surface area contributed by atoms with Crippen LogP contribution in [0.1, 0.15) is 11.1 Å². The van der Waals surface area contributed by atoms with Crippen LogP contribution in [0.4, 0.5) is 5.69 Å². The minimum Gasteiger partial charge on any atom is -0.425 e. The van der Waals surface area contributed by atoms with Crippen molar-refractivity contribution in [1.82, 2.24) is 14.0 Å². The number of aromatic nitrogens is 2. The van der Waals surface area contributed by atoms with E-state index in [4.69, 9.17) is 14.8 Å². The molecule has 0 aliphatic rings. The lowest BCUT2D eigenvalue weighted by molar-refractivity contribution is 0.417. The number of aryl methyl sites for hydroxylation is 1. The van der Waals surface area contributed by atoms with E-state index >= 15 is 0 Å². The quantitative estimate of drug-likeness (QED) is 0.259. The number of benzene rings is 2. The van der Waals surface area contributed by atoms with Gasteiger partial charge in [0.25, 0.3) is 10.0 Å². The first-order valence-electron chi connectivity index (χ1n) is 10.3. The predicted molar refractivity (Wildman–Crippen MR) is 131 cm³/mol. The molecule has 2 heterocycles. The van der Waals surface area contributed by atoms with Gasteiger partial charge in [0.2, 0.25) is 0 Å². The fraction of sp³-hybridized carbons (Fsp3) is 0.0833. The van der Waals surface area contributed by atoms with E-state index in [1.807, 2.05) is 6.92 Å². The lowest BCUT2D eigenvalue weighted by Crippen LogP contribution is -2.30. The van der Waals surface area contributed by atoms with Crippen LogP contribution in [0.25, 0.3) is 0 Å². The molecular formula is C24H23N4O4PS. The van der Waals surface area contributed by atoms with Gasteiger partial charge < -0.3 is 14.8 Å². The van der Waals surface area contributed by atoms with Crippen LogP contribution in [0.15, 0.2) is 102 Å². The number of sulfonamides is 1. The first-order valence-corrected chi connectivity index (χ1v) is 12.9. The highest BCUT2D eigenvalue weighted by Gasteiger charge is 2.38. The molecule has 0 bridgehead atoms. The SMILES string of the molecule is Cc1ccc(S(=O)(=O)N(Cc2ccccc2N)P(Oc2cccnc2)Oc2cccnc2)cc1. The molecular weight excluding hydrogens is 471 g/mol. The maximum atomic E-state index is 13.9. The summed E-state index contributed by atoms with van der Waals surface area (Å²) in [6.45, 7) is 1.83. The minimum atomic E-state index is -4.06. The van der Waals surface area contributed by atoms with Crippen molar-refractivity contribution in [2.24, 2.45) is 0 Å². The third-order valence-corrected chi connectivity index (χ3v) is 8.61. The maximum absolute atomic E-state index is 13.9. The summed E-state index contributed by atoms with van der Waals surface area (Å²) in [5.41, 5.74) is 8.19. The number of rotatable bonds is 9. The van der Waals surface area contributed by atoms with E-state index in [-0.39, 0.29) is 11.4 Å². The minimum absolute atomic E-state index is 0.0604. The molecule has 0 amide bonds. The molecule has 0 aliphatic carbocycles. The van der Waals surface area contributed by atoms with Gasteiger partial charge >= 0.3 is 8.53 Å². The Kier molecular flexibility index (Phi) is 7.37. The Bertz CT molecular complexity index is 1280. The highest BCUT2D eigenvalue weighted by atomic mass is 32.2. The smallest absolute Gasteiger partial charge is 0.399 e. The molecule has 0 radical (unpaired) electrons. The van der Waals surface area contributed by atoms with Gasteiger partial charge in [-0.3, -0.25) is 9.97 Å². The summed E-state index contributed by atoms with van der Waals surface area (Å²) >= 11 is 0. The van der Waals surface area contributed by atoms with Crippen LogP contribution in [0, 0.1) is 6.92 Å². The van der Waals surface area contributed by atoms with Crippen LogP contribution < -0.4 is 14.8 Å². The van der Waals surface area contributed by atoms with Gasteiger partial charge in [0.15, 0.2) is 0 Å². The molecule has 0 unspecified atom stereocenters. The zero-order chi connectivity index (χ0) is 24.0. The molecule has 0 fully saturated rings. The van der Waals surface area contributed by atoms with Crippen molar-refractivity contribution in [1.29, 1.82) is 0 Å². The van der Waals surface area contributed by atoms with Crippen molar-refractivity contribution in [3.8, 4) is 11.5 Å². The van der Waals surface area contributed by atoms with E-state index < -0.39 is 18.5 Å². The number of nitrogen functional groups attached to an aromatic ring is 1. The van der Waals surface area contributed by atoms with Crippen molar-refractivity contribution >= 4 is 24.2 Å². The second-order valence-corrected chi connectivity index (χ2v) is 10.8. The van der Waals surface area contributed by atoms with E-state index in [0.717, 1.165) is 5.56 Å². The van der Waals surface area contributed by atoms with Crippen LogP contribution in [0.3, 0.4) is 0 Å². The monoisotopic (exact) mass is 494 g/mol. The van der Waals surface area contributed by atoms with E-state index in [0.29, 0.717) is 22.7 Å². The van der Waals surface area contributed by atoms with E-state index in [9.17, 15) is 8.42 Å². The predicted octanol–water partition coefficient (Wildman–Crippen LogP) is 4.94. The number of nitrogens with two attached hydrogens (primary N) is 1. The van der Waals surface area contributed by atoms with Crippen molar-refractivity contribution in [2.75, 3.05) is 5.73 Å². The van der Waals surface area contributed by atoms with E-state index in [2.05, 4.69) is 9.97 Å². The zero-order valence-electron chi connectivity index (χ0n) is 18.4. The molecule has 174 valence electrons. The number of pyridine rings is 2. The number of anilines is 1. The summed E-state index contributed by atoms with van der Waals surface area (Å²) in [4.78, 5) is 8.24. The van der Waals surface area contributed by atoms with Crippen molar-refractivity contribution < 1.29 is 17.5 Å². The van der Waals surface area contributed by atoms with Gasteiger partial charge in [0.1, 0.15) is 11.5 Å². The third kappa shape index (κ3) is 5.69. The summed E-state index contributed by atoms with van der Waals surface area (Å²) in [7, 11) is -6.28. The molecule has 0 aliphatic heterocycles. The first kappa shape index (κ1) is 23.6. The Morgan fingerprint density at radius 3 is 1.97 bits per heavy atom. The second kappa shape index (κ2) is 10.6. The van der Waals surface area contributed by atoms with E-state index in [1.54, 1.807) is 85.2 Å². The standard InChI is InChI=1S/C24H23N4O4PS/c1-19-10-12-23(13-11-19)34(29,30)28(18-20-6-2-3-9-24(20)25)33(31-21-7-4-14-26-16-21)32-22-8-5-15-27-17-22/h2-17H,18,25H2,1H3. The Balaban J connectivity index is 1.80. The van der Waals surface area contributed by atoms with Gasteiger partial charge in [0, 0.05) is 18.1 Å². The molecule has 0 saturated carbocycles. The average molecular weight is 495 g/mol. The molecule has 4 rings (SSSR count). The molecule has 0 spiro atoms. The van der Waals surface area contributed by atoms with Crippen molar-refractivity contribution in [2.45, 2.75) is 18.4 Å². The third-order valence-electron chi connectivity index (χ3n) is 4.77. The fourth-order valence-corrected chi connectivity index (χ4v) is 6.26. The topological polar surface area (TPSA) is 108 Å². The molecule has 4 aromatic rings. The number of para-hydroxylation sites is 1. The van der Waals surface area contributed by atoms with E-state index in [1.165, 1.54) is 16.5 Å². The highest BCUT2D eigenvalue weighted by Crippen LogP contribution is 2.48. The first-order chi connectivity index (χ1) is 16.4. The number of nitrogens with zero attached hydrogens (tertiary/aromatic N) is 3. The maximum Gasteiger partial charge on any atom is 0.399 e. The van der Waals surface area contributed by atoms with Crippen LogP contribution in [-0.2, 0) is 16.6 Å². The summed E-state index contributed by atoms with van der Waals surface area (Å²) in [5.74, 6) is 0.727. The summed E-state index contributed by atoms with van der Waals surface area (Å²) in [5, 5.41) is 0. The highest BCUT2D eigenvalue weighted by molar-refractivity contribution is 7.93. The summed E-state index contributed by atoms with van der Waals surface area (Å²) in [6.07, 6.45) is 6.19. The molecule has 2 N–H and O–H groups in total. The Morgan fingerprint density at radius 2 is 1.44 bits per heavy atom. The van der Waals surface area contributed by atoms with Gasteiger partial charge in [-0.2, -0.15) is 0 Å². The molecule has 2 aromatic carbocycles. The molecule has 0 atom stereocenters. The lowest BCUT2D eigenvalue weighted by atomic mass is 10.2. The Morgan fingerprint density at radius 1 is 0.853 bits per heavy atom. The second-order valence-electron chi connectivity index (χ2n) is 7.30. The molecule has 2 aromatic heterocycles. The molecule has 34 heavy (non-hydrogen) atoms. The molecule has 8 nitrogen and oxygen atoms in total. The van der Waals surface area contributed by atoms with Crippen molar-refractivity contribution in [3.05, 3.63) is 109 Å². The number of hydrogen-bond donors (Lipinski definition) is 1. The van der Waals surface area contributed by atoms with Crippen molar-refractivity contribution in [3.63, 3.8) is 0 Å². The van der Waals surface area contributed by atoms with Gasteiger partial charge in [-0.1, -0.05) is 35.9 Å². The van der Waals surface area contributed by atoms with Gasteiger partial charge in [-0.05, 0) is 55.0 Å². The van der Waals surface area contributed by atoms with Crippen LogP contribution >= 0.6 is 8.53 Å². The summed E-state index contributed by atoms with van der Waals surface area (Å²) in [6, 6.07) is 20.5. The zero-order valence-corrected chi connectivity index (χ0v) is 20.1. The van der Waals surface area contributed by atoms with Crippen LogP contribution in [-0.4, -0.2) is 22.5 Å². The Labute approximate surface area is 200 Å². The number of hydrogen-bond acceptors (Lipinski definition) is 7. The van der Waals surface area contributed by atoms with Crippen LogP contribution in [0.2, 0.25) is 0 Å². The Hall–Kier alpha value is -3.52. The lowest BCUT2D eigenvalue weighted by Gasteiger charge is -2.29. The fourth-order valence-electron chi connectivity index (χ4n) is 2.98. The van der Waals surface area contributed by atoms with Gasteiger partial charge in [-0.15, -0.1) is 4.08 Å². The largest absolute Gasteiger partial charge is 0.425 e. The van der Waals surface area contributed by atoms with Gasteiger partial charge in [0.05, 0.1) is 23.8 Å².